The third-order valence-electron chi connectivity index (χ3n) is 4.71. The van der Waals surface area contributed by atoms with E-state index in [4.69, 9.17) is 5.73 Å². The van der Waals surface area contributed by atoms with Gasteiger partial charge in [0.05, 0.1) is 0 Å². The van der Waals surface area contributed by atoms with E-state index in [-0.39, 0.29) is 11.9 Å². The van der Waals surface area contributed by atoms with Gasteiger partial charge in [0.1, 0.15) is 5.82 Å². The minimum absolute atomic E-state index is 0.0432. The predicted molar refractivity (Wildman–Crippen MR) is 103 cm³/mol. The van der Waals surface area contributed by atoms with Crippen molar-refractivity contribution in [3.8, 4) is 0 Å². The molecule has 0 bridgehead atoms. The first-order chi connectivity index (χ1) is 12.1. The Balaban J connectivity index is 1.48. The first kappa shape index (κ1) is 17.6. The van der Waals surface area contributed by atoms with Gasteiger partial charge in [0.2, 0.25) is 0 Å². The summed E-state index contributed by atoms with van der Waals surface area (Å²) >= 11 is 0. The van der Waals surface area contributed by atoms with Crippen LogP contribution in [0.25, 0.3) is 10.8 Å². The molecule has 3 aromatic carbocycles. The van der Waals surface area contributed by atoms with Crippen LogP contribution in [0.15, 0.2) is 66.7 Å². The zero-order valence-corrected chi connectivity index (χ0v) is 14.6. The number of halogens is 1. The standard InChI is InChI=1S/C22H25FN2/c1-16(19-9-8-17-5-2-3-6-20(17)15-19)25-14-4-7-22(24)18-10-12-21(23)13-11-18/h2-3,5-6,8-13,15-16,22,25H,4,7,14,24H2,1H3. The maximum absolute atomic E-state index is 13.0. The quantitative estimate of drug-likeness (QED) is 0.588. The highest BCUT2D eigenvalue weighted by molar-refractivity contribution is 5.83. The predicted octanol–water partition coefficient (Wildman–Crippen LogP) is 5.11. The fourth-order valence-electron chi connectivity index (χ4n) is 3.11. The van der Waals surface area contributed by atoms with Crippen LogP contribution in [0.2, 0.25) is 0 Å². The van der Waals surface area contributed by atoms with E-state index in [0.717, 1.165) is 24.9 Å². The molecular formula is C22H25FN2. The highest BCUT2D eigenvalue weighted by Gasteiger charge is 2.08. The summed E-state index contributed by atoms with van der Waals surface area (Å²) in [6, 6.07) is 21.7. The van der Waals surface area contributed by atoms with Crippen molar-refractivity contribution in [2.45, 2.75) is 31.8 Å². The molecule has 2 unspecified atom stereocenters. The molecule has 0 saturated carbocycles. The van der Waals surface area contributed by atoms with Gasteiger partial charge in [-0.25, -0.2) is 4.39 Å². The summed E-state index contributed by atoms with van der Waals surface area (Å²) < 4.78 is 13.0. The van der Waals surface area contributed by atoms with E-state index in [1.165, 1.54) is 28.5 Å². The Bertz CT molecular complexity index is 814. The summed E-state index contributed by atoms with van der Waals surface area (Å²) in [4.78, 5) is 0. The van der Waals surface area contributed by atoms with Crippen molar-refractivity contribution in [2.75, 3.05) is 6.54 Å². The third kappa shape index (κ3) is 4.65. The average molecular weight is 336 g/mol. The molecule has 0 heterocycles. The second kappa shape index (κ2) is 8.24. The summed E-state index contributed by atoms with van der Waals surface area (Å²) in [5, 5.41) is 6.10. The fourth-order valence-corrected chi connectivity index (χ4v) is 3.11. The first-order valence-electron chi connectivity index (χ1n) is 8.86. The summed E-state index contributed by atoms with van der Waals surface area (Å²) in [5.41, 5.74) is 8.47. The fraction of sp³-hybridized carbons (Fsp3) is 0.273. The largest absolute Gasteiger partial charge is 0.324 e. The number of fused-ring (bicyclic) bond motifs is 1. The maximum Gasteiger partial charge on any atom is 0.123 e. The van der Waals surface area contributed by atoms with Gasteiger partial charge in [0.15, 0.2) is 0 Å². The summed E-state index contributed by atoms with van der Waals surface area (Å²) in [6.45, 7) is 3.09. The number of hydrogen-bond donors (Lipinski definition) is 2. The highest BCUT2D eigenvalue weighted by Crippen LogP contribution is 2.21. The topological polar surface area (TPSA) is 38.0 Å². The Labute approximate surface area is 148 Å². The zero-order chi connectivity index (χ0) is 17.6. The molecule has 0 aromatic heterocycles. The van der Waals surface area contributed by atoms with E-state index in [1.54, 1.807) is 12.1 Å². The molecule has 0 fully saturated rings. The zero-order valence-electron chi connectivity index (χ0n) is 14.6. The molecule has 0 aliphatic carbocycles. The van der Waals surface area contributed by atoms with Crippen LogP contribution in [0.4, 0.5) is 4.39 Å². The molecular weight excluding hydrogens is 311 g/mol. The molecule has 2 atom stereocenters. The van der Waals surface area contributed by atoms with Crippen LogP contribution < -0.4 is 11.1 Å². The van der Waals surface area contributed by atoms with Crippen molar-refractivity contribution in [1.82, 2.24) is 5.32 Å². The van der Waals surface area contributed by atoms with Crippen molar-refractivity contribution < 1.29 is 4.39 Å². The van der Waals surface area contributed by atoms with E-state index in [9.17, 15) is 4.39 Å². The van der Waals surface area contributed by atoms with Crippen molar-refractivity contribution >= 4 is 10.8 Å². The van der Waals surface area contributed by atoms with Crippen LogP contribution in [0.1, 0.15) is 43.0 Å². The van der Waals surface area contributed by atoms with Crippen LogP contribution in [-0.4, -0.2) is 6.54 Å². The lowest BCUT2D eigenvalue weighted by molar-refractivity contribution is 0.520. The number of nitrogens with one attached hydrogen (secondary N) is 1. The number of hydrogen-bond acceptors (Lipinski definition) is 2. The number of benzene rings is 3. The van der Waals surface area contributed by atoms with Gasteiger partial charge in [0.25, 0.3) is 0 Å². The van der Waals surface area contributed by atoms with Gasteiger partial charge < -0.3 is 11.1 Å². The molecule has 25 heavy (non-hydrogen) atoms. The van der Waals surface area contributed by atoms with E-state index >= 15 is 0 Å². The van der Waals surface area contributed by atoms with E-state index in [2.05, 4.69) is 54.7 Å². The third-order valence-corrected chi connectivity index (χ3v) is 4.71. The van der Waals surface area contributed by atoms with E-state index in [0.29, 0.717) is 6.04 Å². The molecule has 0 radical (unpaired) electrons. The number of rotatable bonds is 7. The van der Waals surface area contributed by atoms with Crippen LogP contribution in [0, 0.1) is 5.82 Å². The van der Waals surface area contributed by atoms with E-state index in [1.807, 2.05) is 0 Å². The van der Waals surface area contributed by atoms with Crippen LogP contribution in [0.3, 0.4) is 0 Å². The minimum atomic E-state index is -0.221. The molecule has 2 nitrogen and oxygen atoms in total. The van der Waals surface area contributed by atoms with Crippen LogP contribution in [0.5, 0.6) is 0 Å². The molecule has 3 rings (SSSR count). The number of nitrogens with two attached hydrogens (primary N) is 1. The molecule has 0 aliphatic heterocycles. The van der Waals surface area contributed by atoms with Crippen molar-refractivity contribution in [2.24, 2.45) is 5.73 Å². The maximum atomic E-state index is 13.0. The average Bonchev–Trinajstić information content (AvgIpc) is 2.65. The summed E-state index contributed by atoms with van der Waals surface area (Å²) in [5.74, 6) is -0.221. The molecule has 3 N–H and O–H groups in total. The Morgan fingerprint density at radius 3 is 2.36 bits per heavy atom. The molecule has 0 spiro atoms. The Hall–Kier alpha value is -2.23. The monoisotopic (exact) mass is 336 g/mol. The summed E-state index contributed by atoms with van der Waals surface area (Å²) in [7, 11) is 0. The molecule has 130 valence electrons. The van der Waals surface area contributed by atoms with Gasteiger partial charge in [-0.1, -0.05) is 48.5 Å². The summed E-state index contributed by atoms with van der Waals surface area (Å²) in [6.07, 6.45) is 1.86. The van der Waals surface area contributed by atoms with Crippen molar-refractivity contribution in [3.05, 3.63) is 83.7 Å². The van der Waals surface area contributed by atoms with Crippen LogP contribution in [-0.2, 0) is 0 Å². The van der Waals surface area contributed by atoms with Gasteiger partial charge >= 0.3 is 0 Å². The highest BCUT2D eigenvalue weighted by atomic mass is 19.1. The van der Waals surface area contributed by atoms with Gasteiger partial charge in [-0.2, -0.15) is 0 Å². The van der Waals surface area contributed by atoms with Gasteiger partial charge in [0, 0.05) is 12.1 Å². The Kier molecular flexibility index (Phi) is 5.79. The second-order valence-corrected chi connectivity index (χ2v) is 6.58. The van der Waals surface area contributed by atoms with Gasteiger partial charge in [-0.3, -0.25) is 0 Å². The Morgan fingerprint density at radius 2 is 1.60 bits per heavy atom. The lowest BCUT2D eigenvalue weighted by atomic mass is 10.0. The minimum Gasteiger partial charge on any atom is -0.324 e. The second-order valence-electron chi connectivity index (χ2n) is 6.58. The van der Waals surface area contributed by atoms with E-state index < -0.39 is 0 Å². The molecule has 0 amide bonds. The molecule has 3 aromatic rings. The van der Waals surface area contributed by atoms with Crippen molar-refractivity contribution in [1.29, 1.82) is 0 Å². The van der Waals surface area contributed by atoms with Gasteiger partial charge in [-0.15, -0.1) is 0 Å². The first-order valence-corrected chi connectivity index (χ1v) is 8.86. The lowest BCUT2D eigenvalue weighted by Crippen LogP contribution is -2.21. The lowest BCUT2D eigenvalue weighted by Gasteiger charge is -2.16. The van der Waals surface area contributed by atoms with Gasteiger partial charge in [-0.05, 0) is 66.4 Å². The molecule has 3 heteroatoms. The molecule has 0 saturated heterocycles. The Morgan fingerprint density at radius 1 is 0.920 bits per heavy atom. The smallest absolute Gasteiger partial charge is 0.123 e. The normalized spacial score (nSPS) is 13.7. The van der Waals surface area contributed by atoms with Crippen molar-refractivity contribution in [3.63, 3.8) is 0 Å². The SMILES string of the molecule is CC(NCCCC(N)c1ccc(F)cc1)c1ccc2ccccc2c1. The molecule has 0 aliphatic rings. The van der Waals surface area contributed by atoms with Crippen LogP contribution >= 0.6 is 0 Å².